The number of hydrogen-bond donors (Lipinski definition) is 0. The Balaban J connectivity index is 2.53. The van der Waals surface area contributed by atoms with Gasteiger partial charge in [-0.05, 0) is 11.5 Å². The molecule has 0 radical (unpaired) electrons. The van der Waals surface area contributed by atoms with Gasteiger partial charge in [0.25, 0.3) is 0 Å². The number of nitrogens with zero attached hydrogens (tertiary/aromatic N) is 2. The van der Waals surface area contributed by atoms with Crippen molar-refractivity contribution >= 4 is 0 Å². The predicted octanol–water partition coefficient (Wildman–Crippen LogP) is 2.83. The van der Waals surface area contributed by atoms with E-state index in [0.29, 0.717) is 19.0 Å². The minimum Gasteiger partial charge on any atom is -0.256 e. The number of hydrogen-bond acceptors (Lipinski definition) is 2. The van der Waals surface area contributed by atoms with Crippen molar-refractivity contribution in [1.82, 2.24) is 5.01 Å². The highest BCUT2D eigenvalue weighted by molar-refractivity contribution is 5.14. The molecule has 0 spiro atoms. The summed E-state index contributed by atoms with van der Waals surface area (Å²) in [4.78, 5) is 10.5. The van der Waals surface area contributed by atoms with Gasteiger partial charge in [-0.25, -0.2) is 0 Å². The third-order valence-corrected chi connectivity index (χ3v) is 1.90. The van der Waals surface area contributed by atoms with E-state index in [9.17, 15) is 4.91 Å². The Morgan fingerprint density at radius 2 is 1.93 bits per heavy atom. The van der Waals surface area contributed by atoms with E-state index in [0.717, 1.165) is 5.56 Å². The lowest BCUT2D eigenvalue weighted by Gasteiger charge is -2.17. The standard InChI is InChI=1S/C11H16N2O/c1-10(2)8-13(12-14)9-11-6-4-3-5-7-11/h3-7,10H,8-9H2,1-2H3. The maximum atomic E-state index is 10.5. The molecule has 0 aliphatic heterocycles. The molecule has 0 aromatic heterocycles. The highest BCUT2D eigenvalue weighted by Crippen LogP contribution is 2.07. The molecule has 1 aromatic carbocycles. The minimum absolute atomic E-state index is 0.455. The van der Waals surface area contributed by atoms with Crippen molar-refractivity contribution in [3.05, 3.63) is 40.8 Å². The second kappa shape index (κ2) is 5.37. The van der Waals surface area contributed by atoms with Gasteiger partial charge in [0.2, 0.25) is 0 Å². The maximum absolute atomic E-state index is 10.5. The molecule has 14 heavy (non-hydrogen) atoms. The van der Waals surface area contributed by atoms with Crippen LogP contribution in [0.15, 0.2) is 35.6 Å². The van der Waals surface area contributed by atoms with Crippen LogP contribution in [0.2, 0.25) is 0 Å². The molecule has 0 amide bonds. The summed E-state index contributed by atoms with van der Waals surface area (Å²) in [5.74, 6) is 0.455. The molecular formula is C11H16N2O. The highest BCUT2D eigenvalue weighted by Gasteiger charge is 2.05. The summed E-state index contributed by atoms with van der Waals surface area (Å²) in [6, 6.07) is 9.89. The summed E-state index contributed by atoms with van der Waals surface area (Å²) < 4.78 is 0. The van der Waals surface area contributed by atoms with Crippen molar-refractivity contribution in [3.8, 4) is 0 Å². The normalized spacial score (nSPS) is 10.2. The molecule has 0 bridgehead atoms. The van der Waals surface area contributed by atoms with Gasteiger partial charge in [0.15, 0.2) is 0 Å². The van der Waals surface area contributed by atoms with Gasteiger partial charge in [0.05, 0.1) is 11.8 Å². The molecule has 0 fully saturated rings. The quantitative estimate of drug-likeness (QED) is 0.531. The van der Waals surface area contributed by atoms with E-state index in [-0.39, 0.29) is 0 Å². The van der Waals surface area contributed by atoms with Crippen LogP contribution in [0.5, 0.6) is 0 Å². The molecule has 0 saturated heterocycles. The van der Waals surface area contributed by atoms with E-state index in [1.165, 1.54) is 0 Å². The van der Waals surface area contributed by atoms with E-state index in [4.69, 9.17) is 0 Å². The van der Waals surface area contributed by atoms with Crippen LogP contribution >= 0.6 is 0 Å². The average Bonchev–Trinajstić information content (AvgIpc) is 2.17. The molecule has 0 heterocycles. The SMILES string of the molecule is CC(C)CN(Cc1ccccc1)N=O. The third kappa shape index (κ3) is 3.56. The average molecular weight is 192 g/mol. The van der Waals surface area contributed by atoms with Crippen LogP contribution in [0.1, 0.15) is 19.4 Å². The van der Waals surface area contributed by atoms with Gasteiger partial charge in [-0.15, -0.1) is 4.91 Å². The van der Waals surface area contributed by atoms with Crippen LogP contribution in [0.4, 0.5) is 0 Å². The Hall–Kier alpha value is -1.38. The zero-order chi connectivity index (χ0) is 10.4. The predicted molar refractivity (Wildman–Crippen MR) is 57.5 cm³/mol. The molecule has 3 nitrogen and oxygen atoms in total. The van der Waals surface area contributed by atoms with Crippen molar-refractivity contribution in [1.29, 1.82) is 0 Å². The molecule has 3 heteroatoms. The first-order chi connectivity index (χ1) is 6.72. The summed E-state index contributed by atoms with van der Waals surface area (Å²) >= 11 is 0. The monoisotopic (exact) mass is 192 g/mol. The van der Waals surface area contributed by atoms with Crippen LogP contribution in [0.25, 0.3) is 0 Å². The maximum Gasteiger partial charge on any atom is 0.0642 e. The Labute approximate surface area is 84.7 Å². The minimum atomic E-state index is 0.455. The molecule has 0 aliphatic rings. The van der Waals surface area contributed by atoms with Gasteiger partial charge in [0.1, 0.15) is 0 Å². The van der Waals surface area contributed by atoms with Gasteiger partial charge in [0, 0.05) is 6.54 Å². The largest absolute Gasteiger partial charge is 0.256 e. The van der Waals surface area contributed by atoms with E-state index < -0.39 is 0 Å². The van der Waals surface area contributed by atoms with Gasteiger partial charge in [-0.1, -0.05) is 44.2 Å². The van der Waals surface area contributed by atoms with Crippen LogP contribution in [-0.2, 0) is 6.54 Å². The topological polar surface area (TPSA) is 32.7 Å². The molecule has 0 aliphatic carbocycles. The first-order valence-corrected chi connectivity index (χ1v) is 4.84. The zero-order valence-corrected chi connectivity index (χ0v) is 8.68. The van der Waals surface area contributed by atoms with Crippen LogP contribution in [-0.4, -0.2) is 11.6 Å². The van der Waals surface area contributed by atoms with Crippen molar-refractivity contribution in [2.45, 2.75) is 20.4 Å². The van der Waals surface area contributed by atoms with Crippen molar-refractivity contribution in [2.24, 2.45) is 11.2 Å². The first kappa shape index (κ1) is 10.7. The lowest BCUT2D eigenvalue weighted by molar-refractivity contribution is 0.244. The summed E-state index contributed by atoms with van der Waals surface area (Å²) in [5.41, 5.74) is 1.12. The summed E-state index contributed by atoms with van der Waals surface area (Å²) in [5, 5.41) is 4.56. The van der Waals surface area contributed by atoms with E-state index in [2.05, 4.69) is 19.1 Å². The molecule has 0 atom stereocenters. The lowest BCUT2D eigenvalue weighted by atomic mass is 10.2. The molecular weight excluding hydrogens is 176 g/mol. The van der Waals surface area contributed by atoms with E-state index in [1.807, 2.05) is 30.3 Å². The fourth-order valence-corrected chi connectivity index (χ4v) is 1.34. The second-order valence-corrected chi connectivity index (χ2v) is 3.81. The van der Waals surface area contributed by atoms with Gasteiger partial charge < -0.3 is 0 Å². The number of rotatable bonds is 5. The lowest BCUT2D eigenvalue weighted by Crippen LogP contribution is -2.21. The summed E-state index contributed by atoms with van der Waals surface area (Å²) in [6.45, 7) is 5.45. The highest BCUT2D eigenvalue weighted by atomic mass is 16.3. The van der Waals surface area contributed by atoms with Gasteiger partial charge in [-0.3, -0.25) is 5.01 Å². The molecule has 1 aromatic rings. The van der Waals surface area contributed by atoms with E-state index in [1.54, 1.807) is 5.01 Å². The van der Waals surface area contributed by atoms with Crippen molar-refractivity contribution in [3.63, 3.8) is 0 Å². The Kier molecular flexibility index (Phi) is 4.11. The first-order valence-electron chi connectivity index (χ1n) is 4.84. The number of nitroso groups, excluding NO2 is 1. The summed E-state index contributed by atoms with van der Waals surface area (Å²) in [6.07, 6.45) is 0. The van der Waals surface area contributed by atoms with Crippen molar-refractivity contribution < 1.29 is 0 Å². The van der Waals surface area contributed by atoms with Crippen LogP contribution in [0.3, 0.4) is 0 Å². The van der Waals surface area contributed by atoms with Crippen LogP contribution in [0, 0.1) is 10.8 Å². The molecule has 0 unspecified atom stereocenters. The Bertz CT molecular complexity index is 272. The Morgan fingerprint density at radius 3 is 2.43 bits per heavy atom. The van der Waals surface area contributed by atoms with E-state index >= 15 is 0 Å². The van der Waals surface area contributed by atoms with Crippen LogP contribution < -0.4 is 0 Å². The molecule has 0 saturated carbocycles. The summed E-state index contributed by atoms with van der Waals surface area (Å²) in [7, 11) is 0. The fraction of sp³-hybridized carbons (Fsp3) is 0.455. The fourth-order valence-electron chi connectivity index (χ4n) is 1.34. The smallest absolute Gasteiger partial charge is 0.0642 e. The molecule has 76 valence electrons. The van der Waals surface area contributed by atoms with Gasteiger partial charge in [-0.2, -0.15) is 0 Å². The van der Waals surface area contributed by atoms with Crippen molar-refractivity contribution in [2.75, 3.05) is 6.54 Å². The second-order valence-electron chi connectivity index (χ2n) is 3.81. The zero-order valence-electron chi connectivity index (χ0n) is 8.68. The molecule has 0 N–H and O–H groups in total. The number of benzene rings is 1. The van der Waals surface area contributed by atoms with Gasteiger partial charge >= 0.3 is 0 Å². The molecule has 1 rings (SSSR count). The Morgan fingerprint density at radius 1 is 1.29 bits per heavy atom. The third-order valence-electron chi connectivity index (χ3n) is 1.90.